The van der Waals surface area contributed by atoms with Gasteiger partial charge in [-0.3, -0.25) is 10.1 Å². The van der Waals surface area contributed by atoms with E-state index in [-0.39, 0.29) is 16.4 Å². The minimum atomic E-state index is -1.10. The Kier molecular flexibility index (Phi) is 5.91. The van der Waals surface area contributed by atoms with Gasteiger partial charge in [0.25, 0.3) is 5.91 Å². The predicted octanol–water partition coefficient (Wildman–Crippen LogP) is 2.53. The van der Waals surface area contributed by atoms with E-state index in [0.29, 0.717) is 17.1 Å². The standard InChI is InChI=1S/C17H16N2O5S/c1-23-13-8-7-10(9-14(13)24-2)15(20)19-17(25)18-12-6-4-3-5-11(12)16(21)22/h3-9H,1-2H3,(H,21,22)(H2,18,19,20,25). The maximum absolute atomic E-state index is 12.3. The number of hydrogen-bond acceptors (Lipinski definition) is 5. The van der Waals surface area contributed by atoms with E-state index in [1.165, 1.54) is 26.4 Å². The number of aromatic carboxylic acids is 1. The number of carboxylic acids is 1. The second kappa shape index (κ2) is 8.11. The number of carbonyl (C=O) groups is 2. The predicted molar refractivity (Wildman–Crippen MR) is 96.6 cm³/mol. The molecule has 0 saturated carbocycles. The van der Waals surface area contributed by atoms with E-state index in [0.717, 1.165) is 0 Å². The Labute approximate surface area is 149 Å². The molecule has 0 aliphatic heterocycles. The third kappa shape index (κ3) is 4.45. The molecule has 0 heterocycles. The van der Waals surface area contributed by atoms with E-state index in [1.807, 2.05) is 0 Å². The van der Waals surface area contributed by atoms with Crippen LogP contribution in [0.15, 0.2) is 42.5 Å². The normalized spacial score (nSPS) is 9.84. The summed E-state index contributed by atoms with van der Waals surface area (Å²) in [6.07, 6.45) is 0. The Morgan fingerprint density at radius 3 is 2.36 bits per heavy atom. The SMILES string of the molecule is COc1ccc(C(=O)NC(=S)Nc2ccccc2C(=O)O)cc1OC. The minimum absolute atomic E-state index is 0.0199. The summed E-state index contributed by atoms with van der Waals surface area (Å²) in [5, 5.41) is 14.3. The van der Waals surface area contributed by atoms with Crippen LogP contribution in [0.4, 0.5) is 5.69 Å². The van der Waals surface area contributed by atoms with Crippen molar-refractivity contribution in [2.45, 2.75) is 0 Å². The largest absolute Gasteiger partial charge is 0.493 e. The highest BCUT2D eigenvalue weighted by Crippen LogP contribution is 2.27. The number of hydrogen-bond donors (Lipinski definition) is 3. The molecule has 2 aromatic rings. The highest BCUT2D eigenvalue weighted by Gasteiger charge is 2.14. The summed E-state index contributed by atoms with van der Waals surface area (Å²) >= 11 is 5.08. The molecule has 0 radical (unpaired) electrons. The van der Waals surface area contributed by atoms with Crippen LogP contribution in [0.1, 0.15) is 20.7 Å². The van der Waals surface area contributed by atoms with Crippen molar-refractivity contribution in [2.75, 3.05) is 19.5 Å². The molecule has 1 amide bonds. The van der Waals surface area contributed by atoms with Crippen molar-refractivity contribution in [2.24, 2.45) is 0 Å². The van der Waals surface area contributed by atoms with Crippen LogP contribution in [0.5, 0.6) is 11.5 Å². The fourth-order valence-electron chi connectivity index (χ4n) is 2.08. The molecule has 7 nitrogen and oxygen atoms in total. The third-order valence-electron chi connectivity index (χ3n) is 3.28. The summed E-state index contributed by atoms with van der Waals surface area (Å²) in [6.45, 7) is 0. The Morgan fingerprint density at radius 2 is 1.72 bits per heavy atom. The highest BCUT2D eigenvalue weighted by atomic mass is 32.1. The number of anilines is 1. The molecule has 2 aromatic carbocycles. The van der Waals surface area contributed by atoms with Gasteiger partial charge in [-0.2, -0.15) is 0 Å². The summed E-state index contributed by atoms with van der Waals surface area (Å²) < 4.78 is 10.3. The number of amides is 1. The van der Waals surface area contributed by atoms with Crippen molar-refractivity contribution in [3.8, 4) is 11.5 Å². The van der Waals surface area contributed by atoms with Crippen molar-refractivity contribution in [3.63, 3.8) is 0 Å². The maximum atomic E-state index is 12.3. The summed E-state index contributed by atoms with van der Waals surface area (Å²) in [6, 6.07) is 10.9. The number of carboxylic acid groups (broad SMARTS) is 1. The van der Waals surface area contributed by atoms with Crippen LogP contribution in [0, 0.1) is 0 Å². The zero-order valence-corrected chi connectivity index (χ0v) is 14.3. The van der Waals surface area contributed by atoms with E-state index in [9.17, 15) is 9.59 Å². The monoisotopic (exact) mass is 360 g/mol. The van der Waals surface area contributed by atoms with Crippen molar-refractivity contribution in [1.29, 1.82) is 0 Å². The molecule has 3 N–H and O–H groups in total. The molecule has 0 bridgehead atoms. The molecule has 2 rings (SSSR count). The molecule has 0 unspecified atom stereocenters. The van der Waals surface area contributed by atoms with Gasteiger partial charge in [0.15, 0.2) is 16.6 Å². The fourth-order valence-corrected chi connectivity index (χ4v) is 2.29. The molecule has 0 saturated heterocycles. The zero-order chi connectivity index (χ0) is 18.4. The van der Waals surface area contributed by atoms with Crippen LogP contribution >= 0.6 is 12.2 Å². The van der Waals surface area contributed by atoms with E-state index in [2.05, 4.69) is 10.6 Å². The summed E-state index contributed by atoms with van der Waals surface area (Å²) in [4.78, 5) is 23.5. The van der Waals surface area contributed by atoms with Gasteiger partial charge < -0.3 is 19.9 Å². The van der Waals surface area contributed by atoms with Crippen LogP contribution in [0.3, 0.4) is 0 Å². The van der Waals surface area contributed by atoms with Gasteiger partial charge in [0.05, 0.1) is 25.5 Å². The number of rotatable bonds is 5. The van der Waals surface area contributed by atoms with Crippen molar-refractivity contribution in [1.82, 2.24) is 5.32 Å². The maximum Gasteiger partial charge on any atom is 0.337 e. The first-order valence-corrected chi connectivity index (χ1v) is 7.53. The first-order valence-electron chi connectivity index (χ1n) is 7.13. The second-order valence-electron chi connectivity index (χ2n) is 4.83. The second-order valence-corrected chi connectivity index (χ2v) is 5.24. The van der Waals surface area contributed by atoms with Crippen LogP contribution in [-0.2, 0) is 0 Å². The number of carbonyl (C=O) groups excluding carboxylic acids is 1. The quantitative estimate of drug-likeness (QED) is 0.705. The number of nitrogens with one attached hydrogen (secondary N) is 2. The van der Waals surface area contributed by atoms with Crippen molar-refractivity contribution < 1.29 is 24.2 Å². The van der Waals surface area contributed by atoms with Gasteiger partial charge in [0.2, 0.25) is 0 Å². The Bertz CT molecular complexity index is 822. The van der Waals surface area contributed by atoms with Gasteiger partial charge in [-0.15, -0.1) is 0 Å². The average Bonchev–Trinajstić information content (AvgIpc) is 2.61. The first-order chi connectivity index (χ1) is 12.0. The fraction of sp³-hybridized carbons (Fsp3) is 0.118. The zero-order valence-electron chi connectivity index (χ0n) is 13.5. The van der Waals surface area contributed by atoms with E-state index in [4.69, 9.17) is 26.8 Å². The lowest BCUT2D eigenvalue weighted by Gasteiger charge is -2.12. The van der Waals surface area contributed by atoms with Gasteiger partial charge in [0, 0.05) is 5.56 Å². The molecular formula is C17H16N2O5S. The summed E-state index contributed by atoms with van der Waals surface area (Å²) in [7, 11) is 2.96. The van der Waals surface area contributed by atoms with Crippen molar-refractivity contribution >= 4 is 34.9 Å². The van der Waals surface area contributed by atoms with E-state index in [1.54, 1.807) is 30.3 Å². The molecule has 0 aromatic heterocycles. The van der Waals surface area contributed by atoms with Crippen LogP contribution in [0.2, 0.25) is 0 Å². The molecule has 0 fully saturated rings. The highest BCUT2D eigenvalue weighted by molar-refractivity contribution is 7.80. The molecule has 0 spiro atoms. The smallest absolute Gasteiger partial charge is 0.337 e. The lowest BCUT2D eigenvalue weighted by Crippen LogP contribution is -2.34. The molecule has 8 heteroatoms. The summed E-state index contributed by atoms with van der Waals surface area (Å²) in [5.41, 5.74) is 0.645. The van der Waals surface area contributed by atoms with Crippen molar-refractivity contribution in [3.05, 3.63) is 53.6 Å². The number of thiocarbonyl (C=S) groups is 1. The molecule has 0 aliphatic rings. The molecule has 0 atom stereocenters. The van der Waals surface area contributed by atoms with Crippen LogP contribution < -0.4 is 20.1 Å². The number of methoxy groups -OCH3 is 2. The minimum Gasteiger partial charge on any atom is -0.493 e. The van der Waals surface area contributed by atoms with Gasteiger partial charge in [-0.1, -0.05) is 12.1 Å². The van der Waals surface area contributed by atoms with Gasteiger partial charge >= 0.3 is 5.97 Å². The van der Waals surface area contributed by atoms with E-state index < -0.39 is 11.9 Å². The molecular weight excluding hydrogens is 344 g/mol. The van der Waals surface area contributed by atoms with Gasteiger partial charge in [0.1, 0.15) is 0 Å². The lowest BCUT2D eigenvalue weighted by molar-refractivity contribution is 0.0698. The number of benzene rings is 2. The Morgan fingerprint density at radius 1 is 1.04 bits per heavy atom. The number of ether oxygens (including phenoxy) is 2. The Balaban J connectivity index is 2.11. The van der Waals surface area contributed by atoms with Gasteiger partial charge in [-0.25, -0.2) is 4.79 Å². The number of para-hydroxylation sites is 1. The van der Waals surface area contributed by atoms with Crippen LogP contribution in [-0.4, -0.2) is 36.3 Å². The first kappa shape index (κ1) is 18.2. The average molecular weight is 360 g/mol. The van der Waals surface area contributed by atoms with Gasteiger partial charge in [-0.05, 0) is 42.5 Å². The van der Waals surface area contributed by atoms with Crippen LogP contribution in [0.25, 0.3) is 0 Å². The Hall–Kier alpha value is -3.13. The third-order valence-corrected chi connectivity index (χ3v) is 3.48. The molecule has 0 aliphatic carbocycles. The van der Waals surface area contributed by atoms with E-state index >= 15 is 0 Å². The molecule has 25 heavy (non-hydrogen) atoms. The topological polar surface area (TPSA) is 96.9 Å². The summed E-state index contributed by atoms with van der Waals surface area (Å²) in [5.74, 6) is -0.663. The molecule has 130 valence electrons. The lowest BCUT2D eigenvalue weighted by atomic mass is 10.2.